The summed E-state index contributed by atoms with van der Waals surface area (Å²) in [7, 11) is 1.76. The van der Waals surface area contributed by atoms with Gasteiger partial charge in [-0.1, -0.05) is 24.3 Å². The Bertz CT molecular complexity index is 364. The molecular weight excluding hydrogens is 238 g/mol. The fourth-order valence-electron chi connectivity index (χ4n) is 1.80. The summed E-state index contributed by atoms with van der Waals surface area (Å²) >= 11 is 0. The van der Waals surface area contributed by atoms with E-state index in [2.05, 4.69) is 43.4 Å². The zero-order valence-corrected chi connectivity index (χ0v) is 12.7. The first-order chi connectivity index (χ1) is 9.09. The Morgan fingerprint density at radius 2 is 1.84 bits per heavy atom. The zero-order chi connectivity index (χ0) is 14.1. The SMILES string of the molecule is CCOCc1ccccc1CNCCC(C)(C)OC. The first-order valence-electron chi connectivity index (χ1n) is 6.99. The Hall–Kier alpha value is -0.900. The van der Waals surface area contributed by atoms with Gasteiger partial charge in [0.1, 0.15) is 0 Å². The van der Waals surface area contributed by atoms with Gasteiger partial charge in [0.25, 0.3) is 0 Å². The maximum atomic E-state index is 5.49. The molecule has 0 heterocycles. The van der Waals surface area contributed by atoms with E-state index in [1.165, 1.54) is 11.1 Å². The molecule has 1 aromatic carbocycles. The summed E-state index contributed by atoms with van der Waals surface area (Å²) in [6, 6.07) is 8.42. The van der Waals surface area contributed by atoms with Crippen LogP contribution in [0.15, 0.2) is 24.3 Å². The van der Waals surface area contributed by atoms with E-state index < -0.39 is 0 Å². The van der Waals surface area contributed by atoms with Crippen molar-refractivity contribution >= 4 is 0 Å². The Morgan fingerprint density at radius 3 is 2.47 bits per heavy atom. The molecule has 0 saturated carbocycles. The molecule has 0 spiro atoms. The molecule has 0 atom stereocenters. The summed E-state index contributed by atoms with van der Waals surface area (Å²) in [5, 5.41) is 3.47. The van der Waals surface area contributed by atoms with Gasteiger partial charge in [0.05, 0.1) is 12.2 Å². The Kier molecular flexibility index (Phi) is 7.06. The van der Waals surface area contributed by atoms with Crippen molar-refractivity contribution in [3.8, 4) is 0 Å². The number of nitrogens with one attached hydrogen (secondary N) is 1. The average Bonchev–Trinajstić information content (AvgIpc) is 2.42. The van der Waals surface area contributed by atoms with Crippen molar-refractivity contribution in [3.05, 3.63) is 35.4 Å². The van der Waals surface area contributed by atoms with E-state index in [1.54, 1.807) is 7.11 Å². The molecule has 0 aliphatic rings. The summed E-state index contributed by atoms with van der Waals surface area (Å²) in [5.74, 6) is 0. The molecular formula is C16H27NO2. The smallest absolute Gasteiger partial charge is 0.0719 e. The van der Waals surface area contributed by atoms with E-state index in [-0.39, 0.29) is 5.60 Å². The Labute approximate surface area is 117 Å². The largest absolute Gasteiger partial charge is 0.379 e. The summed E-state index contributed by atoms with van der Waals surface area (Å²) < 4.78 is 10.9. The van der Waals surface area contributed by atoms with Crippen LogP contribution >= 0.6 is 0 Å². The minimum atomic E-state index is -0.0577. The lowest BCUT2D eigenvalue weighted by molar-refractivity contribution is 0.0158. The second kappa shape index (κ2) is 8.31. The van der Waals surface area contributed by atoms with Crippen LogP contribution in [0.5, 0.6) is 0 Å². The van der Waals surface area contributed by atoms with Crippen LogP contribution in [0.3, 0.4) is 0 Å². The fourth-order valence-corrected chi connectivity index (χ4v) is 1.80. The predicted octanol–water partition coefficient (Wildman–Crippen LogP) is 3.13. The molecule has 1 rings (SSSR count). The fraction of sp³-hybridized carbons (Fsp3) is 0.625. The van der Waals surface area contributed by atoms with Gasteiger partial charge < -0.3 is 14.8 Å². The molecule has 0 aromatic heterocycles. The predicted molar refractivity (Wildman–Crippen MR) is 79.2 cm³/mol. The van der Waals surface area contributed by atoms with Crippen LogP contribution in [0.25, 0.3) is 0 Å². The normalized spacial score (nSPS) is 11.8. The van der Waals surface area contributed by atoms with Crippen LogP contribution in [-0.2, 0) is 22.6 Å². The van der Waals surface area contributed by atoms with Gasteiger partial charge in [0.15, 0.2) is 0 Å². The number of hydrogen-bond acceptors (Lipinski definition) is 3. The molecule has 0 bridgehead atoms. The first kappa shape index (κ1) is 16.2. The zero-order valence-electron chi connectivity index (χ0n) is 12.7. The number of hydrogen-bond donors (Lipinski definition) is 1. The highest BCUT2D eigenvalue weighted by atomic mass is 16.5. The van der Waals surface area contributed by atoms with Crippen molar-refractivity contribution in [1.29, 1.82) is 0 Å². The van der Waals surface area contributed by atoms with E-state index in [4.69, 9.17) is 9.47 Å². The number of methoxy groups -OCH3 is 1. The lowest BCUT2D eigenvalue weighted by Crippen LogP contribution is -2.28. The molecule has 0 fully saturated rings. The van der Waals surface area contributed by atoms with Crippen LogP contribution < -0.4 is 5.32 Å². The molecule has 0 amide bonds. The van der Waals surface area contributed by atoms with Gasteiger partial charge in [-0.15, -0.1) is 0 Å². The van der Waals surface area contributed by atoms with Crippen LogP contribution in [0.4, 0.5) is 0 Å². The average molecular weight is 265 g/mol. The van der Waals surface area contributed by atoms with E-state index in [1.807, 2.05) is 6.92 Å². The third-order valence-corrected chi connectivity index (χ3v) is 3.35. The number of benzene rings is 1. The van der Waals surface area contributed by atoms with Crippen molar-refractivity contribution in [2.24, 2.45) is 0 Å². The van der Waals surface area contributed by atoms with Crippen molar-refractivity contribution < 1.29 is 9.47 Å². The first-order valence-corrected chi connectivity index (χ1v) is 6.99. The van der Waals surface area contributed by atoms with Crippen molar-refractivity contribution in [3.63, 3.8) is 0 Å². The van der Waals surface area contributed by atoms with E-state index >= 15 is 0 Å². The summed E-state index contributed by atoms with van der Waals surface area (Å²) in [5.41, 5.74) is 2.52. The highest BCUT2D eigenvalue weighted by Gasteiger charge is 2.15. The molecule has 3 heteroatoms. The van der Waals surface area contributed by atoms with Gasteiger partial charge in [-0.2, -0.15) is 0 Å². The summed E-state index contributed by atoms with van der Waals surface area (Å²) in [6.07, 6.45) is 0.997. The number of ether oxygens (including phenoxy) is 2. The van der Waals surface area contributed by atoms with Gasteiger partial charge in [-0.05, 0) is 44.9 Å². The highest BCUT2D eigenvalue weighted by molar-refractivity contribution is 5.26. The molecule has 1 aromatic rings. The van der Waals surface area contributed by atoms with Crippen molar-refractivity contribution in [2.45, 2.75) is 45.9 Å². The molecule has 0 radical (unpaired) electrons. The Balaban J connectivity index is 2.40. The van der Waals surface area contributed by atoms with E-state index in [0.717, 1.165) is 26.1 Å². The number of rotatable bonds is 9. The maximum Gasteiger partial charge on any atom is 0.0719 e. The second-order valence-electron chi connectivity index (χ2n) is 5.30. The van der Waals surface area contributed by atoms with E-state index in [9.17, 15) is 0 Å². The Morgan fingerprint density at radius 1 is 1.16 bits per heavy atom. The molecule has 108 valence electrons. The van der Waals surface area contributed by atoms with Crippen molar-refractivity contribution in [1.82, 2.24) is 5.32 Å². The van der Waals surface area contributed by atoms with Crippen molar-refractivity contribution in [2.75, 3.05) is 20.3 Å². The van der Waals surface area contributed by atoms with Crippen LogP contribution in [0, 0.1) is 0 Å². The van der Waals surface area contributed by atoms with Crippen LogP contribution in [-0.4, -0.2) is 25.9 Å². The lowest BCUT2D eigenvalue weighted by atomic mass is 10.0. The highest BCUT2D eigenvalue weighted by Crippen LogP contribution is 2.13. The minimum absolute atomic E-state index is 0.0577. The van der Waals surface area contributed by atoms with Crippen LogP contribution in [0.1, 0.15) is 38.3 Å². The van der Waals surface area contributed by atoms with Gasteiger partial charge in [0.2, 0.25) is 0 Å². The molecule has 0 aliphatic carbocycles. The quantitative estimate of drug-likeness (QED) is 0.696. The maximum absolute atomic E-state index is 5.49. The molecule has 3 nitrogen and oxygen atoms in total. The second-order valence-corrected chi connectivity index (χ2v) is 5.30. The summed E-state index contributed by atoms with van der Waals surface area (Å²) in [6.45, 7) is 9.51. The molecule has 0 aliphatic heterocycles. The van der Waals surface area contributed by atoms with E-state index in [0.29, 0.717) is 6.61 Å². The van der Waals surface area contributed by atoms with Gasteiger partial charge in [0, 0.05) is 20.3 Å². The lowest BCUT2D eigenvalue weighted by Gasteiger charge is -2.23. The molecule has 19 heavy (non-hydrogen) atoms. The molecule has 0 saturated heterocycles. The molecule has 0 unspecified atom stereocenters. The van der Waals surface area contributed by atoms with Crippen LogP contribution in [0.2, 0.25) is 0 Å². The minimum Gasteiger partial charge on any atom is -0.379 e. The molecule has 1 N–H and O–H groups in total. The van der Waals surface area contributed by atoms with Gasteiger partial charge in [-0.25, -0.2) is 0 Å². The van der Waals surface area contributed by atoms with Gasteiger partial charge >= 0.3 is 0 Å². The standard InChI is InChI=1S/C16H27NO2/c1-5-19-13-15-9-7-6-8-14(15)12-17-11-10-16(2,3)18-4/h6-9,17H,5,10-13H2,1-4H3. The van der Waals surface area contributed by atoms with Gasteiger partial charge in [-0.3, -0.25) is 0 Å². The summed E-state index contributed by atoms with van der Waals surface area (Å²) in [4.78, 5) is 0. The topological polar surface area (TPSA) is 30.5 Å². The monoisotopic (exact) mass is 265 g/mol. The third kappa shape index (κ3) is 6.19. The third-order valence-electron chi connectivity index (χ3n) is 3.35.